The number of hydrogen-bond donors (Lipinski definition) is 0. The number of hydrogen-bond acceptors (Lipinski definition) is 6. The Balaban J connectivity index is 1.56. The van der Waals surface area contributed by atoms with E-state index in [0.717, 1.165) is 21.9 Å². The maximum Gasteiger partial charge on any atom is 0.214 e. The summed E-state index contributed by atoms with van der Waals surface area (Å²) in [4.78, 5) is 2.60. The van der Waals surface area contributed by atoms with Gasteiger partial charge in [0.2, 0.25) is 5.82 Å². The highest BCUT2D eigenvalue weighted by Gasteiger charge is 2.13. The van der Waals surface area contributed by atoms with Gasteiger partial charge in [0.1, 0.15) is 13.2 Å². The van der Waals surface area contributed by atoms with Crippen molar-refractivity contribution in [3.05, 3.63) is 41.3 Å². The molecule has 6 nitrogen and oxygen atoms in total. The first-order valence-electron chi connectivity index (χ1n) is 6.59. The van der Waals surface area contributed by atoms with E-state index in [1.54, 1.807) is 16.1 Å². The average Bonchev–Trinajstić information content (AvgIpc) is 3.18. The first-order valence-corrected chi connectivity index (χ1v) is 7.47. The third-order valence-corrected chi connectivity index (χ3v) is 3.99. The lowest BCUT2D eigenvalue weighted by Gasteiger charge is -2.18. The zero-order chi connectivity index (χ0) is 14.1. The van der Waals surface area contributed by atoms with Crippen LogP contribution in [0.15, 0.2) is 35.7 Å². The standard InChI is InChI=1S/C14H12N4O2S/c1-2-13(21-7-1)14-15-17-18(16-14)9-10-3-4-11-12(8-10)20-6-5-19-11/h1-4,7-8H,5-6,9H2. The zero-order valence-electron chi connectivity index (χ0n) is 11.1. The lowest BCUT2D eigenvalue weighted by atomic mass is 10.2. The molecule has 2 aromatic heterocycles. The fraction of sp³-hybridized carbons (Fsp3) is 0.214. The second-order valence-corrected chi connectivity index (χ2v) is 5.55. The minimum absolute atomic E-state index is 0.551. The van der Waals surface area contributed by atoms with E-state index in [9.17, 15) is 0 Å². The molecular formula is C14H12N4O2S. The van der Waals surface area contributed by atoms with Crippen molar-refractivity contribution >= 4 is 11.3 Å². The first kappa shape index (κ1) is 12.3. The van der Waals surface area contributed by atoms with Gasteiger partial charge in [0.15, 0.2) is 11.5 Å². The molecule has 3 aromatic rings. The molecule has 1 aliphatic heterocycles. The van der Waals surface area contributed by atoms with E-state index >= 15 is 0 Å². The Kier molecular flexibility index (Phi) is 3.04. The van der Waals surface area contributed by atoms with Crippen molar-refractivity contribution < 1.29 is 9.47 Å². The van der Waals surface area contributed by atoms with Gasteiger partial charge in [0, 0.05) is 0 Å². The number of fused-ring (bicyclic) bond motifs is 1. The van der Waals surface area contributed by atoms with Crippen LogP contribution < -0.4 is 9.47 Å². The van der Waals surface area contributed by atoms with Crippen LogP contribution in [0.1, 0.15) is 5.56 Å². The van der Waals surface area contributed by atoms with E-state index in [-0.39, 0.29) is 0 Å². The molecule has 0 radical (unpaired) electrons. The summed E-state index contributed by atoms with van der Waals surface area (Å²) in [6.07, 6.45) is 0. The van der Waals surface area contributed by atoms with Gasteiger partial charge in [-0.1, -0.05) is 12.1 Å². The van der Waals surface area contributed by atoms with Gasteiger partial charge in [0.25, 0.3) is 0 Å². The number of nitrogens with zero attached hydrogens (tertiary/aromatic N) is 4. The Morgan fingerprint density at radius 3 is 2.90 bits per heavy atom. The largest absolute Gasteiger partial charge is 0.486 e. The summed E-state index contributed by atoms with van der Waals surface area (Å²) in [5.74, 6) is 2.22. The van der Waals surface area contributed by atoms with E-state index in [1.807, 2.05) is 35.7 Å². The summed E-state index contributed by atoms with van der Waals surface area (Å²) in [6.45, 7) is 1.73. The third kappa shape index (κ3) is 2.47. The van der Waals surface area contributed by atoms with E-state index in [2.05, 4.69) is 15.4 Å². The van der Waals surface area contributed by atoms with Crippen LogP contribution in [0.4, 0.5) is 0 Å². The fourth-order valence-corrected chi connectivity index (χ4v) is 2.81. The Hall–Kier alpha value is -2.41. The molecule has 21 heavy (non-hydrogen) atoms. The topological polar surface area (TPSA) is 62.1 Å². The van der Waals surface area contributed by atoms with Crippen molar-refractivity contribution in [2.75, 3.05) is 13.2 Å². The van der Waals surface area contributed by atoms with E-state index < -0.39 is 0 Å². The predicted octanol–water partition coefficient (Wildman–Crippen LogP) is 2.22. The summed E-state index contributed by atoms with van der Waals surface area (Å²) in [5.41, 5.74) is 1.05. The molecule has 0 bridgehead atoms. The zero-order valence-corrected chi connectivity index (χ0v) is 11.9. The monoisotopic (exact) mass is 300 g/mol. The minimum Gasteiger partial charge on any atom is -0.486 e. The molecule has 106 valence electrons. The lowest BCUT2D eigenvalue weighted by Crippen LogP contribution is -2.15. The first-order chi connectivity index (χ1) is 10.4. The Morgan fingerprint density at radius 2 is 2.05 bits per heavy atom. The van der Waals surface area contributed by atoms with Crippen molar-refractivity contribution in [2.45, 2.75) is 6.54 Å². The van der Waals surface area contributed by atoms with Crippen molar-refractivity contribution in [1.82, 2.24) is 20.2 Å². The molecule has 0 unspecified atom stereocenters. The third-order valence-electron chi connectivity index (χ3n) is 3.12. The van der Waals surface area contributed by atoms with Gasteiger partial charge < -0.3 is 9.47 Å². The summed E-state index contributed by atoms with van der Waals surface area (Å²) < 4.78 is 11.1. The molecule has 4 rings (SSSR count). The van der Waals surface area contributed by atoms with Gasteiger partial charge in [-0.25, -0.2) is 0 Å². The molecule has 0 saturated heterocycles. The van der Waals surface area contributed by atoms with Crippen LogP contribution in [-0.4, -0.2) is 33.4 Å². The number of thiophene rings is 1. The second-order valence-electron chi connectivity index (χ2n) is 4.60. The van der Waals surface area contributed by atoms with Gasteiger partial charge in [-0.2, -0.15) is 4.80 Å². The average molecular weight is 300 g/mol. The molecule has 0 fully saturated rings. The smallest absolute Gasteiger partial charge is 0.214 e. The molecule has 1 aromatic carbocycles. The Morgan fingerprint density at radius 1 is 1.14 bits per heavy atom. The quantitative estimate of drug-likeness (QED) is 0.742. The highest BCUT2D eigenvalue weighted by molar-refractivity contribution is 7.13. The lowest BCUT2D eigenvalue weighted by molar-refractivity contribution is 0.171. The number of tetrazole rings is 1. The van der Waals surface area contributed by atoms with Crippen LogP contribution in [0.25, 0.3) is 10.7 Å². The summed E-state index contributed by atoms with van der Waals surface area (Å²) in [5, 5.41) is 14.6. The number of benzene rings is 1. The van der Waals surface area contributed by atoms with Crippen LogP contribution in [0.3, 0.4) is 0 Å². The normalized spacial score (nSPS) is 13.3. The van der Waals surface area contributed by atoms with Gasteiger partial charge in [-0.15, -0.1) is 21.5 Å². The van der Waals surface area contributed by atoms with Crippen molar-refractivity contribution in [3.8, 4) is 22.2 Å². The molecule has 0 atom stereocenters. The van der Waals surface area contributed by atoms with Crippen LogP contribution in [0.2, 0.25) is 0 Å². The van der Waals surface area contributed by atoms with Crippen molar-refractivity contribution in [1.29, 1.82) is 0 Å². The Labute approximate surface area is 124 Å². The molecule has 7 heteroatoms. The predicted molar refractivity (Wildman–Crippen MR) is 77.7 cm³/mol. The highest BCUT2D eigenvalue weighted by atomic mass is 32.1. The van der Waals surface area contributed by atoms with Crippen molar-refractivity contribution in [2.24, 2.45) is 0 Å². The molecule has 1 aliphatic rings. The molecule has 0 N–H and O–H groups in total. The van der Waals surface area contributed by atoms with Gasteiger partial charge in [-0.05, 0) is 34.4 Å². The maximum absolute atomic E-state index is 5.58. The van der Waals surface area contributed by atoms with Crippen molar-refractivity contribution in [3.63, 3.8) is 0 Å². The minimum atomic E-state index is 0.551. The van der Waals surface area contributed by atoms with E-state index in [4.69, 9.17) is 9.47 Å². The van der Waals surface area contributed by atoms with Gasteiger partial charge in [0.05, 0.1) is 11.4 Å². The second kappa shape index (κ2) is 5.17. The number of rotatable bonds is 3. The van der Waals surface area contributed by atoms with Crippen LogP contribution in [0, 0.1) is 0 Å². The van der Waals surface area contributed by atoms with Gasteiger partial charge >= 0.3 is 0 Å². The van der Waals surface area contributed by atoms with Crippen LogP contribution >= 0.6 is 11.3 Å². The van der Waals surface area contributed by atoms with Crippen LogP contribution in [-0.2, 0) is 6.54 Å². The number of aromatic nitrogens is 4. The van der Waals surface area contributed by atoms with E-state index in [1.165, 1.54) is 0 Å². The fourth-order valence-electron chi connectivity index (χ4n) is 2.16. The SMILES string of the molecule is c1csc(-c2nnn(Cc3ccc4c(c3)OCCO4)n2)c1. The van der Waals surface area contributed by atoms with Gasteiger partial charge in [-0.3, -0.25) is 0 Å². The summed E-state index contributed by atoms with van der Waals surface area (Å²) >= 11 is 1.60. The summed E-state index contributed by atoms with van der Waals surface area (Å²) in [6, 6.07) is 9.82. The Bertz CT molecular complexity index is 754. The van der Waals surface area contributed by atoms with E-state index in [0.29, 0.717) is 25.6 Å². The highest BCUT2D eigenvalue weighted by Crippen LogP contribution is 2.30. The molecule has 0 spiro atoms. The molecule has 3 heterocycles. The molecular weight excluding hydrogens is 288 g/mol. The van der Waals surface area contributed by atoms with Crippen LogP contribution in [0.5, 0.6) is 11.5 Å². The molecule has 0 saturated carbocycles. The molecule has 0 aliphatic carbocycles. The maximum atomic E-state index is 5.58. The molecule has 0 amide bonds. The summed E-state index contributed by atoms with van der Waals surface area (Å²) in [7, 11) is 0. The number of ether oxygens (including phenoxy) is 2.